The van der Waals surface area contributed by atoms with E-state index in [9.17, 15) is 9.90 Å². The summed E-state index contributed by atoms with van der Waals surface area (Å²) in [5, 5.41) is 9.88. The lowest BCUT2D eigenvalue weighted by Gasteiger charge is -2.23. The third-order valence-electron chi connectivity index (χ3n) is 6.21. The molecule has 2 atom stereocenters. The molecule has 0 bridgehead atoms. The van der Waals surface area contributed by atoms with Gasteiger partial charge in [-0.2, -0.15) is 0 Å². The van der Waals surface area contributed by atoms with E-state index < -0.39 is 0 Å². The molecule has 194 valence electrons. The molecule has 0 rings (SSSR count). The van der Waals surface area contributed by atoms with Gasteiger partial charge in [-0.3, -0.25) is 0 Å². The van der Waals surface area contributed by atoms with E-state index in [-0.39, 0.29) is 17.7 Å². The lowest BCUT2D eigenvalue weighted by molar-refractivity contribution is -0.137. The zero-order valence-corrected chi connectivity index (χ0v) is 22.8. The summed E-state index contributed by atoms with van der Waals surface area (Å²) in [5.74, 6) is 0.945. The highest BCUT2D eigenvalue weighted by Crippen LogP contribution is 2.20. The topological polar surface area (TPSA) is 55.8 Å². The normalized spacial score (nSPS) is 14.8. The first kappa shape index (κ1) is 31.9. The summed E-state index contributed by atoms with van der Waals surface area (Å²) in [4.78, 5) is 12.0. The van der Waals surface area contributed by atoms with Gasteiger partial charge in [-0.1, -0.05) is 77.9 Å². The molecule has 0 aromatic rings. The molecule has 0 spiro atoms. The number of esters is 1. The predicted molar refractivity (Wildman–Crippen MR) is 140 cm³/mol. The first-order valence-electron chi connectivity index (χ1n) is 13.3. The standard InChI is InChI=1S/C29H54O4/c1-24(2)22-27(30)19-12-10-8-9-11-13-21-33-28(31)23-26(4)17-14-16-25(3)18-15-20-29(5,6)32-7/h14,17,23-25,27,30H,8-13,15-16,18-22H2,1-7H3/b17-14+,26-23+/t25-,27?/m1/s1. The Morgan fingerprint density at radius 1 is 0.970 bits per heavy atom. The van der Waals surface area contributed by atoms with Crippen molar-refractivity contribution in [1.29, 1.82) is 0 Å². The van der Waals surface area contributed by atoms with Crippen LogP contribution in [0.1, 0.15) is 119 Å². The van der Waals surface area contributed by atoms with Gasteiger partial charge in [0, 0.05) is 13.2 Å². The Kier molecular flexibility index (Phi) is 18.5. The van der Waals surface area contributed by atoms with Crippen molar-refractivity contribution in [2.75, 3.05) is 13.7 Å². The molecule has 0 saturated heterocycles. The SMILES string of the molecule is COC(C)(C)CCC[C@H](C)C/C=C/C(C)=C/C(=O)OCCCCCCCCC(O)CC(C)C. The molecule has 0 fully saturated rings. The summed E-state index contributed by atoms with van der Waals surface area (Å²) < 4.78 is 10.8. The van der Waals surface area contributed by atoms with Crippen LogP contribution in [-0.2, 0) is 14.3 Å². The smallest absolute Gasteiger partial charge is 0.331 e. The third kappa shape index (κ3) is 21.2. The molecule has 0 amide bonds. The predicted octanol–water partition coefficient (Wildman–Crippen LogP) is 7.79. The Hall–Kier alpha value is -1.13. The lowest BCUT2D eigenvalue weighted by Crippen LogP contribution is -2.22. The minimum atomic E-state index is -0.244. The van der Waals surface area contributed by atoms with Gasteiger partial charge in [0.05, 0.1) is 18.3 Å². The minimum Gasteiger partial charge on any atom is -0.463 e. The summed E-state index contributed by atoms with van der Waals surface area (Å²) in [6.45, 7) is 13.3. The fourth-order valence-electron chi connectivity index (χ4n) is 3.88. The van der Waals surface area contributed by atoms with Gasteiger partial charge in [-0.25, -0.2) is 4.79 Å². The van der Waals surface area contributed by atoms with Crippen LogP contribution in [0.2, 0.25) is 0 Å². The molecular formula is C29H54O4. The number of methoxy groups -OCH3 is 1. The maximum Gasteiger partial charge on any atom is 0.331 e. The summed E-state index contributed by atoms with van der Waals surface area (Å²) in [5.41, 5.74) is 0.902. The van der Waals surface area contributed by atoms with E-state index in [0.717, 1.165) is 56.9 Å². The van der Waals surface area contributed by atoms with Crippen molar-refractivity contribution < 1.29 is 19.4 Å². The van der Waals surface area contributed by atoms with Crippen LogP contribution in [-0.4, -0.2) is 36.5 Å². The molecule has 0 heterocycles. The Morgan fingerprint density at radius 2 is 1.61 bits per heavy atom. The average molecular weight is 467 g/mol. The molecule has 0 saturated carbocycles. The van der Waals surface area contributed by atoms with E-state index in [1.807, 2.05) is 13.0 Å². The number of allylic oxidation sites excluding steroid dienone is 3. The van der Waals surface area contributed by atoms with Gasteiger partial charge in [0.15, 0.2) is 0 Å². The van der Waals surface area contributed by atoms with Crippen LogP contribution in [0.25, 0.3) is 0 Å². The number of unbranched alkanes of at least 4 members (excludes halogenated alkanes) is 5. The van der Waals surface area contributed by atoms with Crippen LogP contribution in [0.4, 0.5) is 0 Å². The molecule has 0 aliphatic heterocycles. The Bertz CT molecular complexity index is 548. The molecular weight excluding hydrogens is 412 g/mol. The molecule has 0 aromatic carbocycles. The van der Waals surface area contributed by atoms with Gasteiger partial charge in [-0.15, -0.1) is 0 Å². The van der Waals surface area contributed by atoms with Crippen LogP contribution >= 0.6 is 0 Å². The fraction of sp³-hybridized carbons (Fsp3) is 0.828. The van der Waals surface area contributed by atoms with Crippen LogP contribution in [0.3, 0.4) is 0 Å². The fourth-order valence-corrected chi connectivity index (χ4v) is 3.88. The zero-order chi connectivity index (χ0) is 25.1. The lowest BCUT2D eigenvalue weighted by atomic mass is 9.95. The average Bonchev–Trinajstić information content (AvgIpc) is 2.71. The molecule has 4 heteroatoms. The van der Waals surface area contributed by atoms with E-state index in [2.05, 4.69) is 40.7 Å². The van der Waals surface area contributed by atoms with Crippen molar-refractivity contribution >= 4 is 5.97 Å². The number of ether oxygens (including phenoxy) is 2. The van der Waals surface area contributed by atoms with Crippen molar-refractivity contribution in [3.05, 3.63) is 23.8 Å². The number of aliphatic hydroxyl groups excluding tert-OH is 1. The van der Waals surface area contributed by atoms with E-state index in [1.165, 1.54) is 25.7 Å². The Balaban J connectivity index is 3.79. The van der Waals surface area contributed by atoms with Crippen LogP contribution < -0.4 is 0 Å². The largest absolute Gasteiger partial charge is 0.463 e. The summed E-state index contributed by atoms with van der Waals surface area (Å²) in [7, 11) is 1.77. The molecule has 1 N–H and O–H groups in total. The first-order chi connectivity index (χ1) is 15.6. The number of aliphatic hydroxyl groups is 1. The molecule has 0 radical (unpaired) electrons. The molecule has 0 aliphatic carbocycles. The van der Waals surface area contributed by atoms with Crippen LogP contribution in [0.15, 0.2) is 23.8 Å². The molecule has 0 aliphatic rings. The third-order valence-corrected chi connectivity index (χ3v) is 6.21. The number of hydrogen-bond acceptors (Lipinski definition) is 4. The Morgan fingerprint density at radius 3 is 2.24 bits per heavy atom. The van der Waals surface area contributed by atoms with Crippen molar-refractivity contribution in [2.24, 2.45) is 11.8 Å². The number of rotatable bonds is 20. The first-order valence-corrected chi connectivity index (χ1v) is 13.3. The van der Waals surface area contributed by atoms with Crippen molar-refractivity contribution in [3.63, 3.8) is 0 Å². The van der Waals surface area contributed by atoms with Crippen molar-refractivity contribution in [1.82, 2.24) is 0 Å². The van der Waals surface area contributed by atoms with Crippen molar-refractivity contribution in [2.45, 2.75) is 130 Å². The summed E-state index contributed by atoms with van der Waals surface area (Å²) in [6, 6.07) is 0. The van der Waals surface area contributed by atoms with Gasteiger partial charge in [0.25, 0.3) is 0 Å². The van der Waals surface area contributed by atoms with Crippen molar-refractivity contribution in [3.8, 4) is 0 Å². The second-order valence-corrected chi connectivity index (χ2v) is 10.8. The maximum absolute atomic E-state index is 12.0. The highest BCUT2D eigenvalue weighted by Gasteiger charge is 2.15. The van der Waals surface area contributed by atoms with Gasteiger partial charge in [0.2, 0.25) is 0 Å². The van der Waals surface area contributed by atoms with Crippen LogP contribution in [0, 0.1) is 11.8 Å². The second kappa shape index (κ2) is 19.2. The van der Waals surface area contributed by atoms with Gasteiger partial charge >= 0.3 is 5.97 Å². The highest BCUT2D eigenvalue weighted by molar-refractivity contribution is 5.83. The van der Waals surface area contributed by atoms with Crippen LogP contribution in [0.5, 0.6) is 0 Å². The quantitative estimate of drug-likeness (QED) is 0.0861. The molecule has 33 heavy (non-hydrogen) atoms. The number of carbonyl (C=O) groups is 1. The zero-order valence-electron chi connectivity index (χ0n) is 22.8. The monoisotopic (exact) mass is 466 g/mol. The van der Waals surface area contributed by atoms with E-state index in [1.54, 1.807) is 13.2 Å². The number of hydrogen-bond donors (Lipinski definition) is 1. The van der Waals surface area contributed by atoms with E-state index in [0.29, 0.717) is 18.4 Å². The van der Waals surface area contributed by atoms with E-state index in [4.69, 9.17) is 9.47 Å². The maximum atomic E-state index is 12.0. The second-order valence-electron chi connectivity index (χ2n) is 10.8. The molecule has 1 unspecified atom stereocenters. The minimum absolute atomic E-state index is 0.0351. The van der Waals surface area contributed by atoms with Gasteiger partial charge in [-0.05, 0) is 70.3 Å². The van der Waals surface area contributed by atoms with E-state index >= 15 is 0 Å². The summed E-state index contributed by atoms with van der Waals surface area (Å²) in [6.07, 6.45) is 18.5. The molecule has 4 nitrogen and oxygen atoms in total. The molecule has 0 aromatic heterocycles. The highest BCUT2D eigenvalue weighted by atomic mass is 16.5. The Labute approximate surface area is 205 Å². The number of carbonyl (C=O) groups excluding carboxylic acids is 1. The van der Waals surface area contributed by atoms with Gasteiger partial charge in [0.1, 0.15) is 0 Å². The summed E-state index contributed by atoms with van der Waals surface area (Å²) >= 11 is 0. The van der Waals surface area contributed by atoms with Gasteiger partial charge < -0.3 is 14.6 Å².